The van der Waals surface area contributed by atoms with Crippen molar-refractivity contribution >= 4 is 11.8 Å². The summed E-state index contributed by atoms with van der Waals surface area (Å²) in [6.45, 7) is 1.48. The number of rotatable bonds is 6. The van der Waals surface area contributed by atoms with Crippen molar-refractivity contribution in [1.29, 1.82) is 0 Å². The van der Waals surface area contributed by atoms with Gasteiger partial charge < -0.3 is 5.73 Å². The maximum Gasteiger partial charge on any atom is 0.0470 e. The second-order valence-corrected chi connectivity index (χ2v) is 5.67. The van der Waals surface area contributed by atoms with Gasteiger partial charge in [-0.3, -0.25) is 9.88 Å². The molecule has 0 spiro atoms. The van der Waals surface area contributed by atoms with Gasteiger partial charge in [0.25, 0.3) is 0 Å². The van der Waals surface area contributed by atoms with Gasteiger partial charge >= 0.3 is 0 Å². The molecule has 0 saturated heterocycles. The average molecular weight is 287 g/mol. The van der Waals surface area contributed by atoms with Crippen LogP contribution in [0, 0.1) is 0 Å². The Kier molecular flexibility index (Phi) is 5.59. The minimum atomic E-state index is 0.235. The Morgan fingerprint density at radius 1 is 1.15 bits per heavy atom. The highest BCUT2D eigenvalue weighted by Gasteiger charge is 2.15. The Balaban J connectivity index is 2.10. The molecule has 0 bridgehead atoms. The number of benzene rings is 1. The third-order valence-corrected chi connectivity index (χ3v) is 4.18. The normalized spacial score (nSPS) is 12.6. The van der Waals surface area contributed by atoms with Crippen LogP contribution >= 0.6 is 11.8 Å². The molecule has 1 aromatic heterocycles. The molecule has 1 heterocycles. The fraction of sp³-hybridized carbons (Fsp3) is 0.312. The summed E-state index contributed by atoms with van der Waals surface area (Å²) < 4.78 is 0. The lowest BCUT2D eigenvalue weighted by Gasteiger charge is -2.27. The molecule has 20 heavy (non-hydrogen) atoms. The first-order valence-corrected chi connectivity index (χ1v) is 7.90. The molecule has 3 nitrogen and oxygen atoms in total. The zero-order valence-corrected chi connectivity index (χ0v) is 12.8. The van der Waals surface area contributed by atoms with Gasteiger partial charge in [0, 0.05) is 36.4 Å². The van der Waals surface area contributed by atoms with Gasteiger partial charge in [-0.25, -0.2) is 0 Å². The van der Waals surface area contributed by atoms with Gasteiger partial charge in [-0.15, -0.1) is 11.8 Å². The molecular formula is C16H21N3S. The lowest BCUT2D eigenvalue weighted by Crippen LogP contribution is -2.30. The molecule has 4 heteroatoms. The molecule has 0 saturated carbocycles. The number of nitrogens with zero attached hydrogens (tertiary/aromatic N) is 2. The number of hydrogen-bond acceptors (Lipinski definition) is 4. The van der Waals surface area contributed by atoms with E-state index in [4.69, 9.17) is 5.73 Å². The van der Waals surface area contributed by atoms with Gasteiger partial charge in [-0.2, -0.15) is 0 Å². The van der Waals surface area contributed by atoms with Crippen LogP contribution < -0.4 is 5.73 Å². The second kappa shape index (κ2) is 7.43. The molecule has 2 rings (SSSR count). The summed E-state index contributed by atoms with van der Waals surface area (Å²) in [6.07, 6.45) is 5.74. The lowest BCUT2D eigenvalue weighted by molar-refractivity contribution is 0.241. The molecular weight excluding hydrogens is 266 g/mol. The van der Waals surface area contributed by atoms with Crippen molar-refractivity contribution in [3.8, 4) is 0 Å². The van der Waals surface area contributed by atoms with Crippen molar-refractivity contribution in [2.24, 2.45) is 5.73 Å². The quantitative estimate of drug-likeness (QED) is 0.830. The van der Waals surface area contributed by atoms with Crippen LogP contribution in [0.5, 0.6) is 0 Å². The maximum atomic E-state index is 5.97. The first kappa shape index (κ1) is 15.0. The minimum Gasteiger partial charge on any atom is -0.329 e. The van der Waals surface area contributed by atoms with Crippen molar-refractivity contribution in [3.63, 3.8) is 0 Å². The highest BCUT2D eigenvalue weighted by Crippen LogP contribution is 2.23. The Bertz CT molecular complexity index is 513. The number of nitrogens with two attached hydrogens (primary N) is 1. The SMILES string of the molecule is CSc1ccc(C(CN)N(C)Cc2ccncc2)cc1. The largest absolute Gasteiger partial charge is 0.329 e. The fourth-order valence-electron chi connectivity index (χ4n) is 2.28. The maximum absolute atomic E-state index is 5.97. The number of thioether (sulfide) groups is 1. The summed E-state index contributed by atoms with van der Waals surface area (Å²) in [5.74, 6) is 0. The average Bonchev–Trinajstić information content (AvgIpc) is 2.49. The molecule has 0 radical (unpaired) electrons. The lowest BCUT2D eigenvalue weighted by atomic mass is 10.1. The highest BCUT2D eigenvalue weighted by atomic mass is 32.2. The molecule has 0 amide bonds. The summed E-state index contributed by atoms with van der Waals surface area (Å²) in [6, 6.07) is 13.0. The van der Waals surface area contributed by atoms with Crippen LogP contribution in [0.2, 0.25) is 0 Å². The van der Waals surface area contributed by atoms with E-state index in [9.17, 15) is 0 Å². The number of hydrogen-bond donors (Lipinski definition) is 1. The topological polar surface area (TPSA) is 42.1 Å². The predicted octanol–water partition coefficient (Wildman–Crippen LogP) is 2.94. The second-order valence-electron chi connectivity index (χ2n) is 4.80. The number of aromatic nitrogens is 1. The molecule has 2 N–H and O–H groups in total. The molecule has 1 unspecified atom stereocenters. The summed E-state index contributed by atoms with van der Waals surface area (Å²) in [4.78, 5) is 7.61. The summed E-state index contributed by atoms with van der Waals surface area (Å²) in [5, 5.41) is 0. The van der Waals surface area contributed by atoms with Crippen molar-refractivity contribution in [3.05, 3.63) is 59.9 Å². The zero-order chi connectivity index (χ0) is 14.4. The molecule has 1 atom stereocenters. The summed E-state index contributed by atoms with van der Waals surface area (Å²) >= 11 is 1.76. The summed E-state index contributed by atoms with van der Waals surface area (Å²) in [7, 11) is 2.11. The third kappa shape index (κ3) is 3.82. The van der Waals surface area contributed by atoms with Gasteiger partial charge in [0.1, 0.15) is 0 Å². The van der Waals surface area contributed by atoms with E-state index in [0.29, 0.717) is 6.54 Å². The van der Waals surface area contributed by atoms with Crippen molar-refractivity contribution in [1.82, 2.24) is 9.88 Å². The fourth-order valence-corrected chi connectivity index (χ4v) is 2.69. The Hall–Kier alpha value is -1.36. The van der Waals surface area contributed by atoms with Crippen molar-refractivity contribution < 1.29 is 0 Å². The number of likely N-dealkylation sites (N-methyl/N-ethyl adjacent to an activating group) is 1. The zero-order valence-electron chi connectivity index (χ0n) is 12.0. The van der Waals surface area contributed by atoms with Crippen molar-refractivity contribution in [2.45, 2.75) is 17.5 Å². The Morgan fingerprint density at radius 3 is 2.35 bits per heavy atom. The monoisotopic (exact) mass is 287 g/mol. The van der Waals surface area contributed by atoms with E-state index in [0.717, 1.165) is 6.54 Å². The highest BCUT2D eigenvalue weighted by molar-refractivity contribution is 7.98. The van der Waals surface area contributed by atoms with Gasteiger partial charge in [0.05, 0.1) is 0 Å². The number of pyridine rings is 1. The van der Waals surface area contributed by atoms with Crippen LogP contribution in [0.1, 0.15) is 17.2 Å². The third-order valence-electron chi connectivity index (χ3n) is 3.44. The van der Waals surface area contributed by atoms with Crippen LogP contribution in [0.3, 0.4) is 0 Å². The van der Waals surface area contributed by atoms with Gasteiger partial charge in [-0.05, 0) is 48.7 Å². The molecule has 106 valence electrons. The molecule has 0 aliphatic heterocycles. The Morgan fingerprint density at radius 2 is 1.80 bits per heavy atom. The molecule has 0 aliphatic rings. The minimum absolute atomic E-state index is 0.235. The first-order valence-electron chi connectivity index (χ1n) is 6.67. The van der Waals surface area contributed by atoms with Crippen LogP contribution in [-0.4, -0.2) is 29.7 Å². The van der Waals surface area contributed by atoms with Gasteiger partial charge in [0.15, 0.2) is 0 Å². The van der Waals surface area contributed by atoms with Gasteiger partial charge in [-0.1, -0.05) is 12.1 Å². The van der Waals surface area contributed by atoms with Crippen LogP contribution in [0.25, 0.3) is 0 Å². The Labute approximate surface area is 125 Å². The molecule has 0 aliphatic carbocycles. The smallest absolute Gasteiger partial charge is 0.0470 e. The first-order chi connectivity index (χ1) is 9.74. The van der Waals surface area contributed by atoms with Crippen LogP contribution in [0.15, 0.2) is 53.7 Å². The molecule has 1 aromatic carbocycles. The van der Waals surface area contributed by atoms with E-state index in [1.165, 1.54) is 16.0 Å². The van der Waals surface area contributed by atoms with E-state index >= 15 is 0 Å². The van der Waals surface area contributed by atoms with E-state index < -0.39 is 0 Å². The van der Waals surface area contributed by atoms with E-state index in [1.807, 2.05) is 24.5 Å². The molecule has 0 fully saturated rings. The summed E-state index contributed by atoms with van der Waals surface area (Å²) in [5.41, 5.74) is 8.49. The van der Waals surface area contributed by atoms with Crippen LogP contribution in [-0.2, 0) is 6.54 Å². The van der Waals surface area contributed by atoms with Crippen LogP contribution in [0.4, 0.5) is 0 Å². The standard InChI is InChI=1S/C16H21N3S/c1-19(12-13-7-9-18-10-8-13)16(11-17)14-3-5-15(20-2)6-4-14/h3-10,16H,11-12,17H2,1-2H3. The predicted molar refractivity (Wildman–Crippen MR) is 85.7 cm³/mol. The van der Waals surface area contributed by atoms with E-state index in [-0.39, 0.29) is 6.04 Å². The molecule has 2 aromatic rings. The van der Waals surface area contributed by atoms with E-state index in [2.05, 4.69) is 47.5 Å². The van der Waals surface area contributed by atoms with E-state index in [1.54, 1.807) is 11.8 Å². The van der Waals surface area contributed by atoms with Crippen molar-refractivity contribution in [2.75, 3.05) is 19.8 Å². The van der Waals surface area contributed by atoms with Gasteiger partial charge in [0.2, 0.25) is 0 Å².